The molecule has 0 aliphatic heterocycles. The molecule has 0 radical (unpaired) electrons. The predicted octanol–water partition coefficient (Wildman–Crippen LogP) is 2.92. The molecule has 94 valence electrons. The molecular weight excluding hydrogens is 216 g/mol. The quantitative estimate of drug-likeness (QED) is 0.737. The molecule has 3 heteroatoms. The van der Waals surface area contributed by atoms with Gasteiger partial charge in [0.1, 0.15) is 5.75 Å². The Morgan fingerprint density at radius 2 is 2.06 bits per heavy atom. The number of carbonyl (C=O) groups is 1. The second-order valence-corrected chi connectivity index (χ2v) is 4.07. The van der Waals surface area contributed by atoms with Gasteiger partial charge in [0.15, 0.2) is 0 Å². The van der Waals surface area contributed by atoms with Crippen LogP contribution in [0.25, 0.3) is 0 Å². The summed E-state index contributed by atoms with van der Waals surface area (Å²) in [6, 6.07) is 5.99. The smallest absolute Gasteiger partial charge is 0.312 e. The van der Waals surface area contributed by atoms with Gasteiger partial charge in [-0.05, 0) is 25.0 Å². The first-order valence-electron chi connectivity index (χ1n) is 5.88. The molecule has 0 fully saturated rings. The molecule has 17 heavy (non-hydrogen) atoms. The second kappa shape index (κ2) is 6.28. The van der Waals surface area contributed by atoms with Crippen molar-refractivity contribution in [1.82, 2.24) is 0 Å². The van der Waals surface area contributed by atoms with Gasteiger partial charge < -0.3 is 9.47 Å². The maximum absolute atomic E-state index is 11.6. The Kier molecular flexibility index (Phi) is 5.01. The zero-order valence-electron chi connectivity index (χ0n) is 10.9. The van der Waals surface area contributed by atoms with Crippen LogP contribution in [0, 0.1) is 0 Å². The van der Waals surface area contributed by atoms with Crippen LogP contribution in [0.5, 0.6) is 5.75 Å². The van der Waals surface area contributed by atoms with Crippen LogP contribution in [-0.2, 0) is 16.0 Å². The van der Waals surface area contributed by atoms with E-state index >= 15 is 0 Å². The fraction of sp³-hybridized carbons (Fsp3) is 0.500. The van der Waals surface area contributed by atoms with E-state index in [-0.39, 0.29) is 11.9 Å². The molecule has 0 spiro atoms. The maximum Gasteiger partial charge on any atom is 0.312 e. The third-order valence-corrected chi connectivity index (χ3v) is 2.85. The highest BCUT2D eigenvalue weighted by molar-refractivity contribution is 5.78. The lowest BCUT2D eigenvalue weighted by Crippen LogP contribution is -2.12. The molecule has 0 saturated heterocycles. The minimum atomic E-state index is -0.299. The SMILES string of the molecule is CCCc1ccc(OC)c(C(C)C(=O)OC)c1. The number of carbonyl (C=O) groups excluding carboxylic acids is 1. The molecule has 1 rings (SSSR count). The lowest BCUT2D eigenvalue weighted by Gasteiger charge is -2.15. The number of hydrogen-bond donors (Lipinski definition) is 0. The maximum atomic E-state index is 11.6. The second-order valence-electron chi connectivity index (χ2n) is 4.07. The number of esters is 1. The highest BCUT2D eigenvalue weighted by atomic mass is 16.5. The molecule has 0 aliphatic carbocycles. The number of hydrogen-bond acceptors (Lipinski definition) is 3. The van der Waals surface area contributed by atoms with E-state index in [0.717, 1.165) is 24.2 Å². The largest absolute Gasteiger partial charge is 0.496 e. The Balaban J connectivity index is 3.08. The zero-order valence-corrected chi connectivity index (χ0v) is 10.9. The standard InChI is InChI=1S/C14H20O3/c1-5-6-11-7-8-13(16-3)12(9-11)10(2)14(15)17-4/h7-10H,5-6H2,1-4H3. The van der Waals surface area contributed by atoms with Crippen LogP contribution in [0.15, 0.2) is 18.2 Å². The summed E-state index contributed by atoms with van der Waals surface area (Å²) >= 11 is 0. The van der Waals surface area contributed by atoms with Crippen LogP contribution in [0.4, 0.5) is 0 Å². The van der Waals surface area contributed by atoms with Gasteiger partial charge in [0, 0.05) is 5.56 Å². The number of methoxy groups -OCH3 is 2. The first-order valence-corrected chi connectivity index (χ1v) is 5.88. The molecule has 0 aromatic heterocycles. The highest BCUT2D eigenvalue weighted by Gasteiger charge is 2.19. The lowest BCUT2D eigenvalue weighted by molar-refractivity contribution is -0.142. The van der Waals surface area contributed by atoms with Crippen molar-refractivity contribution in [2.45, 2.75) is 32.6 Å². The first-order chi connectivity index (χ1) is 8.13. The molecule has 3 nitrogen and oxygen atoms in total. The minimum Gasteiger partial charge on any atom is -0.496 e. The number of benzene rings is 1. The van der Waals surface area contributed by atoms with Crippen molar-refractivity contribution in [3.05, 3.63) is 29.3 Å². The molecule has 1 aromatic carbocycles. The van der Waals surface area contributed by atoms with Crippen LogP contribution in [0.1, 0.15) is 37.3 Å². The van der Waals surface area contributed by atoms with Crippen molar-refractivity contribution < 1.29 is 14.3 Å². The average molecular weight is 236 g/mol. The molecule has 0 heterocycles. The van der Waals surface area contributed by atoms with Crippen LogP contribution in [0.2, 0.25) is 0 Å². The zero-order chi connectivity index (χ0) is 12.8. The van der Waals surface area contributed by atoms with Crippen molar-refractivity contribution >= 4 is 5.97 Å². The van der Waals surface area contributed by atoms with E-state index in [0.29, 0.717) is 0 Å². The molecule has 0 bridgehead atoms. The summed E-state index contributed by atoms with van der Waals surface area (Å²) in [5, 5.41) is 0. The van der Waals surface area contributed by atoms with E-state index in [1.807, 2.05) is 25.1 Å². The van der Waals surface area contributed by atoms with E-state index in [4.69, 9.17) is 9.47 Å². The van der Waals surface area contributed by atoms with Gasteiger partial charge in [0.25, 0.3) is 0 Å². The van der Waals surface area contributed by atoms with Crippen molar-refractivity contribution in [3.8, 4) is 5.75 Å². The van der Waals surface area contributed by atoms with Gasteiger partial charge in [-0.3, -0.25) is 4.79 Å². The monoisotopic (exact) mass is 236 g/mol. The minimum absolute atomic E-state index is 0.239. The summed E-state index contributed by atoms with van der Waals surface area (Å²) < 4.78 is 10.1. The number of aryl methyl sites for hydroxylation is 1. The summed E-state index contributed by atoms with van der Waals surface area (Å²) in [4.78, 5) is 11.6. The molecule has 0 saturated carbocycles. The highest BCUT2D eigenvalue weighted by Crippen LogP contribution is 2.28. The molecule has 0 amide bonds. The van der Waals surface area contributed by atoms with Gasteiger partial charge in [-0.25, -0.2) is 0 Å². The Bertz CT molecular complexity index is 385. The van der Waals surface area contributed by atoms with E-state index < -0.39 is 0 Å². The Labute approximate surface area is 103 Å². The summed E-state index contributed by atoms with van der Waals surface area (Å²) in [6.45, 7) is 3.97. The van der Waals surface area contributed by atoms with Gasteiger partial charge in [-0.15, -0.1) is 0 Å². The molecule has 0 N–H and O–H groups in total. The van der Waals surface area contributed by atoms with Gasteiger partial charge >= 0.3 is 5.97 Å². The first kappa shape index (κ1) is 13.6. The van der Waals surface area contributed by atoms with Crippen molar-refractivity contribution in [2.75, 3.05) is 14.2 Å². The Hall–Kier alpha value is -1.51. The van der Waals surface area contributed by atoms with Crippen LogP contribution >= 0.6 is 0 Å². The topological polar surface area (TPSA) is 35.5 Å². The number of ether oxygens (including phenoxy) is 2. The van der Waals surface area contributed by atoms with Crippen LogP contribution < -0.4 is 4.74 Å². The van der Waals surface area contributed by atoms with Crippen LogP contribution in [0.3, 0.4) is 0 Å². The van der Waals surface area contributed by atoms with E-state index in [2.05, 4.69) is 6.92 Å². The Morgan fingerprint density at radius 3 is 2.59 bits per heavy atom. The number of rotatable bonds is 5. The third-order valence-electron chi connectivity index (χ3n) is 2.85. The van der Waals surface area contributed by atoms with Gasteiger partial charge in [0.2, 0.25) is 0 Å². The summed E-state index contributed by atoms with van der Waals surface area (Å²) in [6.07, 6.45) is 2.09. The summed E-state index contributed by atoms with van der Waals surface area (Å²) in [7, 11) is 3.02. The molecule has 1 aromatic rings. The van der Waals surface area contributed by atoms with Crippen molar-refractivity contribution in [3.63, 3.8) is 0 Å². The van der Waals surface area contributed by atoms with E-state index in [9.17, 15) is 4.79 Å². The van der Waals surface area contributed by atoms with Crippen LogP contribution in [-0.4, -0.2) is 20.2 Å². The fourth-order valence-electron chi connectivity index (χ4n) is 1.87. The molecule has 0 aliphatic rings. The molecule has 1 unspecified atom stereocenters. The third kappa shape index (κ3) is 3.22. The summed E-state index contributed by atoms with van der Waals surface area (Å²) in [5.41, 5.74) is 2.12. The van der Waals surface area contributed by atoms with Crippen molar-refractivity contribution in [1.29, 1.82) is 0 Å². The molecular formula is C14H20O3. The normalized spacial score (nSPS) is 12.0. The fourth-order valence-corrected chi connectivity index (χ4v) is 1.87. The van der Waals surface area contributed by atoms with Gasteiger partial charge in [-0.1, -0.05) is 25.5 Å². The lowest BCUT2D eigenvalue weighted by atomic mass is 9.96. The Morgan fingerprint density at radius 1 is 1.35 bits per heavy atom. The van der Waals surface area contributed by atoms with E-state index in [1.54, 1.807) is 7.11 Å². The van der Waals surface area contributed by atoms with Gasteiger partial charge in [-0.2, -0.15) is 0 Å². The predicted molar refractivity (Wildman–Crippen MR) is 67.4 cm³/mol. The average Bonchev–Trinajstić information content (AvgIpc) is 2.37. The molecule has 1 atom stereocenters. The van der Waals surface area contributed by atoms with Crippen molar-refractivity contribution in [2.24, 2.45) is 0 Å². The summed E-state index contributed by atoms with van der Waals surface area (Å²) in [5.74, 6) is 0.200. The van der Waals surface area contributed by atoms with E-state index in [1.165, 1.54) is 12.7 Å². The van der Waals surface area contributed by atoms with Gasteiger partial charge in [0.05, 0.1) is 20.1 Å².